The monoisotopic (exact) mass is 151 g/mol. The first-order valence-electron chi connectivity index (χ1n) is 3.48. The summed E-state index contributed by atoms with van der Waals surface area (Å²) < 4.78 is 0. The Morgan fingerprint density at radius 1 is 1.18 bits per heavy atom. The fourth-order valence-electron chi connectivity index (χ4n) is 1.02. The van der Waals surface area contributed by atoms with Crippen LogP contribution in [0.2, 0.25) is 0 Å². The van der Waals surface area contributed by atoms with Gasteiger partial charge in [-0.1, -0.05) is 12.1 Å². The highest BCUT2D eigenvalue weighted by molar-refractivity contribution is 5.53. The van der Waals surface area contributed by atoms with Crippen LogP contribution in [0.3, 0.4) is 0 Å². The molecule has 0 spiro atoms. The highest BCUT2D eigenvalue weighted by Gasteiger charge is 2.01. The minimum atomic E-state index is 0.866. The van der Waals surface area contributed by atoms with Crippen LogP contribution in [0.1, 0.15) is 11.1 Å². The predicted molar refractivity (Wildman–Crippen MR) is 46.8 cm³/mol. The molecule has 0 aliphatic heterocycles. The van der Waals surface area contributed by atoms with E-state index in [0.717, 1.165) is 16.4 Å². The van der Waals surface area contributed by atoms with E-state index < -0.39 is 0 Å². The Hall–Kier alpha value is -1.06. The van der Waals surface area contributed by atoms with Crippen LogP contribution >= 0.6 is 0 Å². The first kappa shape index (κ1) is 8.04. The summed E-state index contributed by atoms with van der Waals surface area (Å²) in [7, 11) is 0. The van der Waals surface area contributed by atoms with E-state index in [1.54, 1.807) is 0 Å². The van der Waals surface area contributed by atoms with Crippen molar-refractivity contribution in [2.45, 2.75) is 13.8 Å². The van der Waals surface area contributed by atoms with Crippen LogP contribution in [0.25, 0.3) is 0 Å². The van der Waals surface area contributed by atoms with Gasteiger partial charge in [-0.15, -0.1) is 0 Å². The highest BCUT2D eigenvalue weighted by atomic mass is 15.6. The Kier molecular flexibility index (Phi) is 2.12. The number of hydrogen-bond donors (Lipinski definition) is 2. The molecule has 0 saturated carbocycles. The van der Waals surface area contributed by atoms with Crippen LogP contribution in [0.5, 0.6) is 0 Å². The topological polar surface area (TPSA) is 55.3 Å². The summed E-state index contributed by atoms with van der Waals surface area (Å²) >= 11 is 0. The lowest BCUT2D eigenvalue weighted by Crippen LogP contribution is -2.38. The maximum absolute atomic E-state index is 5.39. The van der Waals surface area contributed by atoms with Gasteiger partial charge in [0.2, 0.25) is 0 Å². The molecule has 11 heavy (non-hydrogen) atoms. The number of hydrogen-bond acceptors (Lipinski definition) is 3. The standard InChI is InChI=1S/C8H13N3/c1-6-4-3-5-8(7(6)2)11(9)10/h3-5H,9-10H2,1-2H3. The Morgan fingerprint density at radius 3 is 2.27 bits per heavy atom. The predicted octanol–water partition coefficient (Wildman–Crippen LogP) is 0.857. The van der Waals surface area contributed by atoms with E-state index >= 15 is 0 Å². The molecule has 1 aromatic rings. The van der Waals surface area contributed by atoms with Gasteiger partial charge in [-0.25, -0.2) is 16.8 Å². The number of aryl methyl sites for hydroxylation is 1. The van der Waals surface area contributed by atoms with Crippen molar-refractivity contribution in [1.29, 1.82) is 0 Å². The van der Waals surface area contributed by atoms with E-state index in [9.17, 15) is 0 Å². The van der Waals surface area contributed by atoms with E-state index in [-0.39, 0.29) is 0 Å². The second kappa shape index (κ2) is 2.90. The molecule has 0 bridgehead atoms. The van der Waals surface area contributed by atoms with Gasteiger partial charge in [-0.3, -0.25) is 0 Å². The van der Waals surface area contributed by atoms with Crippen LogP contribution in [0.15, 0.2) is 18.2 Å². The van der Waals surface area contributed by atoms with Crippen LogP contribution in [-0.4, -0.2) is 0 Å². The molecule has 1 aromatic carbocycles. The molecule has 1 rings (SSSR count). The van der Waals surface area contributed by atoms with Gasteiger partial charge < -0.3 is 0 Å². The molecule has 0 aliphatic rings. The summed E-state index contributed by atoms with van der Waals surface area (Å²) in [5.41, 5.74) is 3.19. The fourth-order valence-corrected chi connectivity index (χ4v) is 1.02. The van der Waals surface area contributed by atoms with Gasteiger partial charge in [0, 0.05) is 0 Å². The normalized spacial score (nSPS) is 9.82. The zero-order valence-corrected chi connectivity index (χ0v) is 6.83. The van der Waals surface area contributed by atoms with Gasteiger partial charge >= 0.3 is 0 Å². The molecule has 0 aliphatic carbocycles. The quantitative estimate of drug-likeness (QED) is 0.462. The average Bonchev–Trinajstić information content (AvgIpc) is 1.94. The third-order valence-corrected chi connectivity index (χ3v) is 1.85. The summed E-state index contributed by atoms with van der Waals surface area (Å²) in [6, 6.07) is 5.86. The molecule has 0 radical (unpaired) electrons. The van der Waals surface area contributed by atoms with Gasteiger partial charge in [0.05, 0.1) is 5.69 Å². The zero-order valence-electron chi connectivity index (χ0n) is 6.83. The Labute approximate surface area is 66.5 Å². The molecule has 3 heteroatoms. The molecule has 0 heterocycles. The van der Waals surface area contributed by atoms with Gasteiger partial charge in [0.1, 0.15) is 0 Å². The molecule has 4 N–H and O–H groups in total. The molecule has 60 valence electrons. The Balaban J connectivity index is 3.17. The Morgan fingerprint density at radius 2 is 1.82 bits per heavy atom. The van der Waals surface area contributed by atoms with E-state index in [1.165, 1.54) is 5.56 Å². The van der Waals surface area contributed by atoms with E-state index in [2.05, 4.69) is 0 Å². The Bertz CT molecular complexity index is 256. The summed E-state index contributed by atoms with van der Waals surface area (Å²) in [6.45, 7) is 4.03. The van der Waals surface area contributed by atoms with Crippen molar-refractivity contribution in [1.82, 2.24) is 0 Å². The molecular formula is C8H13N3. The first-order valence-corrected chi connectivity index (χ1v) is 3.48. The van der Waals surface area contributed by atoms with Crippen LogP contribution in [0.4, 0.5) is 5.69 Å². The smallest absolute Gasteiger partial charge is 0.0728 e. The lowest BCUT2D eigenvalue weighted by Gasteiger charge is -2.15. The molecule has 0 atom stereocenters. The molecule has 0 amide bonds. The van der Waals surface area contributed by atoms with Crippen molar-refractivity contribution in [2.24, 2.45) is 11.7 Å². The largest absolute Gasteiger partial charge is 0.247 e. The van der Waals surface area contributed by atoms with Gasteiger partial charge in [0.15, 0.2) is 0 Å². The van der Waals surface area contributed by atoms with Crippen LogP contribution < -0.4 is 16.8 Å². The molecule has 0 fully saturated rings. The van der Waals surface area contributed by atoms with E-state index in [1.807, 2.05) is 32.0 Å². The van der Waals surface area contributed by atoms with Gasteiger partial charge in [-0.2, -0.15) is 0 Å². The summed E-state index contributed by atoms with van der Waals surface area (Å²) in [4.78, 5) is 0. The molecular weight excluding hydrogens is 138 g/mol. The minimum absolute atomic E-state index is 0.866. The third-order valence-electron chi connectivity index (χ3n) is 1.85. The molecule has 3 nitrogen and oxygen atoms in total. The van der Waals surface area contributed by atoms with Crippen molar-refractivity contribution in [3.8, 4) is 0 Å². The highest BCUT2D eigenvalue weighted by Crippen LogP contribution is 2.18. The van der Waals surface area contributed by atoms with Crippen LogP contribution in [0, 0.1) is 13.8 Å². The second-order valence-corrected chi connectivity index (χ2v) is 2.63. The molecule has 0 saturated heterocycles. The van der Waals surface area contributed by atoms with Gasteiger partial charge in [-0.05, 0) is 31.0 Å². The first-order chi connectivity index (χ1) is 5.13. The van der Waals surface area contributed by atoms with E-state index in [4.69, 9.17) is 11.7 Å². The van der Waals surface area contributed by atoms with E-state index in [0.29, 0.717) is 0 Å². The lowest BCUT2D eigenvalue weighted by atomic mass is 10.1. The van der Waals surface area contributed by atoms with Crippen LogP contribution in [-0.2, 0) is 0 Å². The fraction of sp³-hybridized carbons (Fsp3) is 0.250. The summed E-state index contributed by atoms with van der Waals surface area (Å²) in [5.74, 6) is 10.8. The number of anilines is 1. The SMILES string of the molecule is Cc1cccc(N(N)N)c1C. The maximum atomic E-state index is 5.39. The minimum Gasteiger partial charge on any atom is -0.247 e. The van der Waals surface area contributed by atoms with Crippen molar-refractivity contribution in [3.05, 3.63) is 29.3 Å². The number of nitrogens with zero attached hydrogens (tertiary/aromatic N) is 1. The van der Waals surface area contributed by atoms with Gasteiger partial charge in [0.25, 0.3) is 0 Å². The summed E-state index contributed by atoms with van der Waals surface area (Å²) in [6.07, 6.45) is 0. The number of nitrogens with two attached hydrogens (primary N) is 2. The second-order valence-electron chi connectivity index (χ2n) is 2.63. The third kappa shape index (κ3) is 1.50. The van der Waals surface area contributed by atoms with Crippen molar-refractivity contribution in [2.75, 3.05) is 5.12 Å². The number of rotatable bonds is 1. The van der Waals surface area contributed by atoms with Crippen molar-refractivity contribution < 1.29 is 0 Å². The average molecular weight is 151 g/mol. The molecule has 0 unspecified atom stereocenters. The number of hydrazine groups is 2. The summed E-state index contributed by atoms with van der Waals surface area (Å²) in [5, 5.41) is 1.14. The zero-order chi connectivity index (χ0) is 8.43. The maximum Gasteiger partial charge on any atom is 0.0728 e. The van der Waals surface area contributed by atoms with Crippen molar-refractivity contribution in [3.63, 3.8) is 0 Å². The van der Waals surface area contributed by atoms with Crippen molar-refractivity contribution >= 4 is 5.69 Å². The lowest BCUT2D eigenvalue weighted by molar-refractivity contribution is 0.916. The molecule has 0 aromatic heterocycles. The number of benzene rings is 1.